The molecule has 0 saturated carbocycles. The van der Waals surface area contributed by atoms with Crippen LogP contribution < -0.4 is 20.7 Å². The van der Waals surface area contributed by atoms with Gasteiger partial charge in [-0.05, 0) is 41.0 Å². The summed E-state index contributed by atoms with van der Waals surface area (Å²) in [5.74, 6) is -0.395. The lowest BCUT2D eigenvalue weighted by Gasteiger charge is -2.12. The Bertz CT molecular complexity index is 1780. The van der Waals surface area contributed by atoms with Crippen LogP contribution in [-0.4, -0.2) is 25.0 Å². The Morgan fingerprint density at radius 2 is 1.50 bits per heavy atom. The number of hydrogen-bond acceptors (Lipinski definition) is 5. The van der Waals surface area contributed by atoms with Gasteiger partial charge in [-0.2, -0.15) is 4.98 Å². The van der Waals surface area contributed by atoms with Crippen LogP contribution in [0.25, 0.3) is 11.2 Å². The summed E-state index contributed by atoms with van der Waals surface area (Å²) in [6.45, 7) is 0.125. The molecule has 0 saturated heterocycles. The molecule has 12 heteroatoms. The van der Waals surface area contributed by atoms with Crippen LogP contribution in [0.2, 0.25) is 5.02 Å². The molecule has 2 aromatic heterocycles. The molecular weight excluding hydrogens is 549 g/mol. The summed E-state index contributed by atoms with van der Waals surface area (Å²) in [5.41, 5.74) is 1.11. The van der Waals surface area contributed by atoms with Crippen LogP contribution in [0.15, 0.2) is 88.5 Å². The predicted octanol–water partition coefficient (Wildman–Crippen LogP) is 5.12. The number of benzene rings is 3. The fraction of sp³-hybridized carbons (Fsp3) is 0.179. The van der Waals surface area contributed by atoms with Crippen LogP contribution in [0.4, 0.5) is 13.2 Å². The summed E-state index contributed by atoms with van der Waals surface area (Å²) in [7, 11) is 1.39. The minimum atomic E-state index is -4.84. The molecule has 5 rings (SSSR count). The minimum Gasteiger partial charge on any atom is -0.460 e. The van der Waals surface area contributed by atoms with Crippen LogP contribution in [0.1, 0.15) is 16.7 Å². The average Bonchev–Trinajstić information content (AvgIpc) is 3.27. The van der Waals surface area contributed by atoms with Gasteiger partial charge in [0.1, 0.15) is 12.4 Å². The molecule has 0 fully saturated rings. The van der Waals surface area contributed by atoms with Gasteiger partial charge in [0.2, 0.25) is 0 Å². The molecule has 0 bridgehead atoms. The van der Waals surface area contributed by atoms with Crippen molar-refractivity contribution in [1.29, 1.82) is 0 Å². The first-order valence-electron chi connectivity index (χ1n) is 12.0. The zero-order valence-electron chi connectivity index (χ0n) is 21.1. The average molecular weight is 571 g/mol. The van der Waals surface area contributed by atoms with E-state index in [4.69, 9.17) is 16.3 Å². The van der Waals surface area contributed by atoms with Gasteiger partial charge in [-0.15, -0.1) is 13.2 Å². The van der Waals surface area contributed by atoms with Gasteiger partial charge in [-0.1, -0.05) is 66.2 Å². The van der Waals surface area contributed by atoms with Crippen molar-refractivity contribution in [3.8, 4) is 11.8 Å². The van der Waals surface area contributed by atoms with E-state index in [0.717, 1.165) is 15.7 Å². The molecule has 0 aliphatic carbocycles. The molecule has 0 amide bonds. The van der Waals surface area contributed by atoms with Gasteiger partial charge >= 0.3 is 12.1 Å². The lowest BCUT2D eigenvalue weighted by atomic mass is 10.2. The van der Waals surface area contributed by atoms with Crippen molar-refractivity contribution in [2.24, 2.45) is 7.05 Å². The van der Waals surface area contributed by atoms with Gasteiger partial charge in [-0.25, -0.2) is 4.79 Å². The number of alkyl halides is 3. The highest BCUT2D eigenvalue weighted by molar-refractivity contribution is 6.30. The second kappa shape index (κ2) is 10.9. The zero-order chi connectivity index (χ0) is 28.4. The molecule has 5 aromatic rings. The van der Waals surface area contributed by atoms with Crippen molar-refractivity contribution in [3.63, 3.8) is 0 Å². The largest absolute Gasteiger partial charge is 0.573 e. The molecule has 3 aromatic carbocycles. The van der Waals surface area contributed by atoms with E-state index in [2.05, 4.69) is 9.72 Å². The Morgan fingerprint density at radius 3 is 2.20 bits per heavy atom. The summed E-state index contributed by atoms with van der Waals surface area (Å²) in [4.78, 5) is 31.1. The lowest BCUT2D eigenvalue weighted by Crippen LogP contribution is -2.39. The summed E-state index contributed by atoms with van der Waals surface area (Å²) in [6, 6.07) is 21.5. The number of fused-ring (bicyclic) bond motifs is 1. The van der Waals surface area contributed by atoms with E-state index in [1.165, 1.54) is 34.4 Å². The molecule has 40 heavy (non-hydrogen) atoms. The van der Waals surface area contributed by atoms with E-state index in [1.54, 1.807) is 30.3 Å². The monoisotopic (exact) mass is 570 g/mol. The summed E-state index contributed by atoms with van der Waals surface area (Å²) >= 11 is 6.04. The Balaban J connectivity index is 1.60. The highest BCUT2D eigenvalue weighted by Gasteiger charge is 2.31. The third-order valence-corrected chi connectivity index (χ3v) is 6.38. The second-order valence-corrected chi connectivity index (χ2v) is 9.42. The number of nitrogens with zero attached hydrogens (tertiary/aromatic N) is 4. The smallest absolute Gasteiger partial charge is 0.460 e. The Hall–Kier alpha value is -4.51. The topological polar surface area (TPSA) is 80.3 Å². The maximum Gasteiger partial charge on any atom is 0.573 e. The minimum absolute atomic E-state index is 0.0107. The van der Waals surface area contributed by atoms with Crippen LogP contribution in [0, 0.1) is 0 Å². The number of aromatic nitrogens is 4. The van der Waals surface area contributed by atoms with Gasteiger partial charge in [0.25, 0.3) is 11.6 Å². The molecule has 0 radical (unpaired) electrons. The van der Waals surface area contributed by atoms with E-state index in [1.807, 2.05) is 30.3 Å². The molecule has 0 aliphatic heterocycles. The van der Waals surface area contributed by atoms with Gasteiger partial charge in [0.05, 0.1) is 13.1 Å². The first-order chi connectivity index (χ1) is 19.1. The Kier molecular flexibility index (Phi) is 7.40. The third kappa shape index (κ3) is 5.89. The zero-order valence-corrected chi connectivity index (χ0v) is 21.8. The number of rotatable bonds is 8. The van der Waals surface area contributed by atoms with E-state index < -0.39 is 23.4 Å². The number of imidazole rings is 1. The molecule has 2 heterocycles. The van der Waals surface area contributed by atoms with E-state index >= 15 is 0 Å². The van der Waals surface area contributed by atoms with Gasteiger partial charge in [0, 0.05) is 12.1 Å². The van der Waals surface area contributed by atoms with E-state index in [9.17, 15) is 22.8 Å². The molecule has 8 nitrogen and oxygen atoms in total. The van der Waals surface area contributed by atoms with Crippen molar-refractivity contribution in [2.45, 2.75) is 26.1 Å². The quantitative estimate of drug-likeness (QED) is 0.259. The fourth-order valence-corrected chi connectivity index (χ4v) is 4.38. The number of ether oxygens (including phenoxy) is 2. The second-order valence-electron chi connectivity index (χ2n) is 8.98. The van der Waals surface area contributed by atoms with Crippen molar-refractivity contribution in [3.05, 3.63) is 121 Å². The van der Waals surface area contributed by atoms with Crippen molar-refractivity contribution in [1.82, 2.24) is 18.7 Å². The maximum absolute atomic E-state index is 13.4. The molecule has 0 spiro atoms. The van der Waals surface area contributed by atoms with Crippen LogP contribution in [0.5, 0.6) is 11.8 Å². The SMILES string of the molecule is Cn1c(=O)c2c(nc(OCc3cccc(OC(F)(F)F)c3)n2Cc2ccc(Cl)cc2)n(Cc2ccccc2)c1=O. The van der Waals surface area contributed by atoms with Crippen molar-refractivity contribution < 1.29 is 22.6 Å². The molecule has 0 N–H and O–H groups in total. The van der Waals surface area contributed by atoms with Crippen LogP contribution >= 0.6 is 11.6 Å². The van der Waals surface area contributed by atoms with Gasteiger partial charge in [0.15, 0.2) is 11.2 Å². The van der Waals surface area contributed by atoms with E-state index in [-0.39, 0.29) is 36.9 Å². The van der Waals surface area contributed by atoms with E-state index in [0.29, 0.717) is 10.6 Å². The summed E-state index contributed by atoms with van der Waals surface area (Å²) in [5, 5.41) is 0.532. The van der Waals surface area contributed by atoms with Crippen LogP contribution in [0.3, 0.4) is 0 Å². The summed E-state index contributed by atoms with van der Waals surface area (Å²) in [6.07, 6.45) is -4.84. The first-order valence-corrected chi connectivity index (χ1v) is 12.4. The molecule has 0 aliphatic rings. The highest BCUT2D eigenvalue weighted by atomic mass is 35.5. The molecule has 0 atom stereocenters. The number of hydrogen-bond donors (Lipinski definition) is 0. The molecule has 206 valence electrons. The predicted molar refractivity (Wildman–Crippen MR) is 143 cm³/mol. The maximum atomic E-state index is 13.4. The molecule has 0 unspecified atom stereocenters. The first kappa shape index (κ1) is 27.1. The van der Waals surface area contributed by atoms with Gasteiger partial charge in [-0.3, -0.25) is 18.5 Å². The summed E-state index contributed by atoms with van der Waals surface area (Å²) < 4.78 is 52.0. The third-order valence-electron chi connectivity index (χ3n) is 6.13. The van der Waals surface area contributed by atoms with Crippen molar-refractivity contribution in [2.75, 3.05) is 0 Å². The Labute approximate surface area is 230 Å². The fourth-order valence-electron chi connectivity index (χ4n) is 4.25. The van der Waals surface area contributed by atoms with Crippen molar-refractivity contribution >= 4 is 22.8 Å². The Morgan fingerprint density at radius 1 is 0.850 bits per heavy atom. The standard InChI is InChI=1S/C28H22ClF3N4O4/c1-34-25(37)23-24(36(27(34)38)16-18-6-3-2-4-7-18)33-26(35(23)15-19-10-12-21(29)13-11-19)39-17-20-8-5-9-22(14-20)40-28(30,31)32/h2-14H,15-17H2,1H3. The highest BCUT2D eigenvalue weighted by Crippen LogP contribution is 2.25. The van der Waals surface area contributed by atoms with Gasteiger partial charge < -0.3 is 9.47 Å². The number of halogens is 4. The van der Waals surface area contributed by atoms with Crippen LogP contribution in [-0.2, 0) is 26.7 Å². The lowest BCUT2D eigenvalue weighted by molar-refractivity contribution is -0.274. The normalized spacial score (nSPS) is 11.6. The molecular formula is C28H22ClF3N4O4.